The van der Waals surface area contributed by atoms with Crippen LogP contribution >= 0.6 is 11.3 Å². The van der Waals surface area contributed by atoms with E-state index >= 15 is 0 Å². The molecule has 2 aromatic heterocycles. The number of carbonyl (C=O) groups excluding carboxylic acids is 2. The number of nitrogens with two attached hydrogens (primary N) is 1. The average Bonchev–Trinajstić information content (AvgIpc) is 3.10. The second-order valence-electron chi connectivity index (χ2n) is 5.67. The largest absolute Gasteiger partial charge is 0.486 e. The van der Waals surface area contributed by atoms with E-state index in [1.807, 2.05) is 0 Å². The molecule has 0 bridgehead atoms. The number of hydrogen-bond donors (Lipinski definition) is 1. The van der Waals surface area contributed by atoms with Crippen LogP contribution in [-0.2, 0) is 4.74 Å². The number of hydrogen-bond acceptors (Lipinski definition) is 9. The molecular formula is C18H15N3O5S. The van der Waals surface area contributed by atoms with E-state index in [9.17, 15) is 9.59 Å². The molecule has 0 unspecified atom stereocenters. The molecule has 138 valence electrons. The second kappa shape index (κ2) is 6.84. The van der Waals surface area contributed by atoms with Crippen molar-refractivity contribution in [1.82, 2.24) is 9.97 Å². The van der Waals surface area contributed by atoms with E-state index in [4.69, 9.17) is 19.9 Å². The minimum Gasteiger partial charge on any atom is -0.486 e. The zero-order valence-corrected chi connectivity index (χ0v) is 15.2. The molecule has 3 aromatic rings. The number of aromatic nitrogens is 2. The molecule has 2 N–H and O–H groups in total. The maximum absolute atomic E-state index is 13.0. The fourth-order valence-electron chi connectivity index (χ4n) is 2.74. The van der Waals surface area contributed by atoms with Gasteiger partial charge < -0.3 is 19.9 Å². The Morgan fingerprint density at radius 3 is 2.74 bits per heavy atom. The number of carbonyl (C=O) groups is 2. The van der Waals surface area contributed by atoms with Gasteiger partial charge in [0, 0.05) is 10.9 Å². The van der Waals surface area contributed by atoms with Gasteiger partial charge in [0.25, 0.3) is 0 Å². The third kappa shape index (κ3) is 3.17. The van der Waals surface area contributed by atoms with E-state index in [-0.39, 0.29) is 24.0 Å². The van der Waals surface area contributed by atoms with Gasteiger partial charge in [-0.3, -0.25) is 4.79 Å². The second-order valence-corrected chi connectivity index (χ2v) is 6.70. The molecule has 27 heavy (non-hydrogen) atoms. The van der Waals surface area contributed by atoms with Gasteiger partial charge in [-0.1, -0.05) is 0 Å². The molecule has 0 aliphatic carbocycles. The summed E-state index contributed by atoms with van der Waals surface area (Å²) in [5, 5.41) is 0.456. The van der Waals surface area contributed by atoms with Crippen LogP contribution in [0.4, 0.5) is 5.95 Å². The zero-order chi connectivity index (χ0) is 19.0. The van der Waals surface area contributed by atoms with Crippen LogP contribution in [0.2, 0.25) is 0 Å². The highest BCUT2D eigenvalue weighted by Gasteiger charge is 2.22. The van der Waals surface area contributed by atoms with E-state index in [0.717, 1.165) is 11.3 Å². The lowest BCUT2D eigenvalue weighted by Gasteiger charge is -2.18. The van der Waals surface area contributed by atoms with Gasteiger partial charge in [0.2, 0.25) is 11.7 Å². The summed E-state index contributed by atoms with van der Waals surface area (Å²) in [6.45, 7) is 2.86. The topological polar surface area (TPSA) is 114 Å². The molecule has 0 saturated heterocycles. The number of esters is 1. The summed E-state index contributed by atoms with van der Waals surface area (Å²) in [5.41, 5.74) is 6.27. The molecule has 0 saturated carbocycles. The summed E-state index contributed by atoms with van der Waals surface area (Å²) in [6, 6.07) is 6.49. The molecule has 1 aliphatic rings. The molecule has 0 amide bonds. The predicted molar refractivity (Wildman–Crippen MR) is 98.6 cm³/mol. The Hall–Kier alpha value is -3.20. The SMILES string of the molecule is CCOC(=O)c1cc2c(C(=O)c3ccc4c(c3)OCCO4)nc(N)nc2s1. The minimum atomic E-state index is -0.475. The smallest absolute Gasteiger partial charge is 0.348 e. The highest BCUT2D eigenvalue weighted by molar-refractivity contribution is 7.20. The molecule has 1 aromatic carbocycles. The molecule has 1 aliphatic heterocycles. The summed E-state index contributed by atoms with van der Waals surface area (Å²) in [5.74, 6) is 0.227. The molecule has 9 heteroatoms. The Bertz CT molecular complexity index is 1060. The third-order valence-electron chi connectivity index (χ3n) is 3.91. The van der Waals surface area contributed by atoms with Crippen molar-refractivity contribution in [2.45, 2.75) is 6.92 Å². The van der Waals surface area contributed by atoms with Gasteiger partial charge in [-0.25, -0.2) is 14.8 Å². The first-order chi connectivity index (χ1) is 13.1. The van der Waals surface area contributed by atoms with Crippen LogP contribution in [0, 0.1) is 0 Å². The lowest BCUT2D eigenvalue weighted by molar-refractivity contribution is 0.0532. The van der Waals surface area contributed by atoms with Crippen LogP contribution in [0.1, 0.15) is 32.6 Å². The van der Waals surface area contributed by atoms with Crippen molar-refractivity contribution in [2.75, 3.05) is 25.6 Å². The highest BCUT2D eigenvalue weighted by Crippen LogP contribution is 2.33. The minimum absolute atomic E-state index is 0.0411. The molecular weight excluding hydrogens is 370 g/mol. The number of nitrogen functional groups attached to an aromatic ring is 1. The van der Waals surface area contributed by atoms with E-state index in [1.165, 1.54) is 0 Å². The standard InChI is InChI=1S/C18H15N3O5S/c1-2-24-17(23)13-8-10-14(20-18(19)21-16(10)27-13)15(22)9-3-4-11-12(7-9)26-6-5-25-11/h3-4,7-8H,2,5-6H2,1H3,(H2,19,20,21). The molecule has 0 radical (unpaired) electrons. The Balaban J connectivity index is 1.78. The Labute approximate surface area is 157 Å². The average molecular weight is 385 g/mol. The van der Waals surface area contributed by atoms with Crippen molar-refractivity contribution < 1.29 is 23.8 Å². The van der Waals surface area contributed by atoms with Gasteiger partial charge in [-0.05, 0) is 31.2 Å². The number of thiophene rings is 1. The molecule has 0 fully saturated rings. The number of fused-ring (bicyclic) bond motifs is 2. The normalized spacial score (nSPS) is 12.8. The summed E-state index contributed by atoms with van der Waals surface area (Å²) in [4.78, 5) is 34.1. The number of rotatable bonds is 4. The van der Waals surface area contributed by atoms with E-state index in [2.05, 4.69) is 9.97 Å². The van der Waals surface area contributed by atoms with Gasteiger partial charge in [0.15, 0.2) is 11.5 Å². The summed E-state index contributed by atoms with van der Waals surface area (Å²) >= 11 is 1.11. The first kappa shape index (κ1) is 17.2. The molecule has 3 heterocycles. The van der Waals surface area contributed by atoms with Gasteiger partial charge in [-0.2, -0.15) is 0 Å². The van der Waals surface area contributed by atoms with Crippen molar-refractivity contribution in [1.29, 1.82) is 0 Å². The van der Waals surface area contributed by atoms with Crippen molar-refractivity contribution in [2.24, 2.45) is 0 Å². The maximum Gasteiger partial charge on any atom is 0.348 e. The van der Waals surface area contributed by atoms with Crippen LogP contribution < -0.4 is 15.2 Å². The highest BCUT2D eigenvalue weighted by atomic mass is 32.1. The van der Waals surface area contributed by atoms with Crippen LogP contribution in [0.5, 0.6) is 11.5 Å². The molecule has 0 spiro atoms. The fourth-order valence-corrected chi connectivity index (χ4v) is 3.67. The number of ether oxygens (including phenoxy) is 3. The lowest BCUT2D eigenvalue weighted by Crippen LogP contribution is -2.16. The van der Waals surface area contributed by atoms with Crippen LogP contribution in [0.25, 0.3) is 10.2 Å². The third-order valence-corrected chi connectivity index (χ3v) is 4.92. The first-order valence-corrected chi connectivity index (χ1v) is 9.07. The van der Waals surface area contributed by atoms with E-state index in [1.54, 1.807) is 31.2 Å². The number of benzene rings is 1. The van der Waals surface area contributed by atoms with Gasteiger partial charge in [-0.15, -0.1) is 11.3 Å². The zero-order valence-electron chi connectivity index (χ0n) is 14.4. The van der Waals surface area contributed by atoms with Crippen molar-refractivity contribution in [3.05, 3.63) is 40.4 Å². The van der Waals surface area contributed by atoms with Gasteiger partial charge in [0.1, 0.15) is 28.6 Å². The van der Waals surface area contributed by atoms with Crippen molar-refractivity contribution >= 4 is 39.3 Å². The maximum atomic E-state index is 13.0. The quantitative estimate of drug-likeness (QED) is 0.538. The molecule has 4 rings (SSSR count). The van der Waals surface area contributed by atoms with Crippen molar-refractivity contribution in [3.8, 4) is 11.5 Å². The lowest BCUT2D eigenvalue weighted by atomic mass is 10.1. The number of nitrogens with zero attached hydrogens (tertiary/aromatic N) is 2. The van der Waals surface area contributed by atoms with Gasteiger partial charge >= 0.3 is 5.97 Å². The summed E-state index contributed by atoms with van der Waals surface area (Å²) in [6.07, 6.45) is 0. The number of ketones is 1. The van der Waals surface area contributed by atoms with Gasteiger partial charge in [0.05, 0.1) is 6.61 Å². The van der Waals surface area contributed by atoms with Crippen LogP contribution in [-0.4, -0.2) is 41.5 Å². The molecule has 8 nitrogen and oxygen atoms in total. The van der Waals surface area contributed by atoms with E-state index < -0.39 is 5.97 Å². The fraction of sp³-hybridized carbons (Fsp3) is 0.222. The first-order valence-electron chi connectivity index (χ1n) is 8.25. The Kier molecular flexibility index (Phi) is 4.36. The van der Waals surface area contributed by atoms with E-state index in [0.29, 0.717) is 45.4 Å². The molecule has 0 atom stereocenters. The van der Waals surface area contributed by atoms with Crippen LogP contribution in [0.15, 0.2) is 24.3 Å². The monoisotopic (exact) mass is 385 g/mol. The summed E-state index contributed by atoms with van der Waals surface area (Å²) < 4.78 is 16.0. The number of anilines is 1. The van der Waals surface area contributed by atoms with Crippen molar-refractivity contribution in [3.63, 3.8) is 0 Å². The Morgan fingerprint density at radius 2 is 1.96 bits per heavy atom. The van der Waals surface area contributed by atoms with Crippen LogP contribution in [0.3, 0.4) is 0 Å². The Morgan fingerprint density at radius 1 is 1.19 bits per heavy atom. The predicted octanol–water partition coefficient (Wildman–Crippen LogP) is 2.45. The summed E-state index contributed by atoms with van der Waals surface area (Å²) in [7, 11) is 0.